The molecule has 0 atom stereocenters. The summed E-state index contributed by atoms with van der Waals surface area (Å²) in [6, 6.07) is 13.4. The van der Waals surface area contributed by atoms with Gasteiger partial charge in [-0.25, -0.2) is 0 Å². The minimum Gasteiger partial charge on any atom is -0.325 e. The Kier molecular flexibility index (Phi) is 7.53. The number of piperazine rings is 1. The van der Waals surface area contributed by atoms with E-state index in [9.17, 15) is 18.0 Å². The van der Waals surface area contributed by atoms with Gasteiger partial charge in [-0.15, -0.1) is 0 Å². The number of halogens is 4. The molecule has 160 valence electrons. The first kappa shape index (κ1) is 22.3. The van der Waals surface area contributed by atoms with Crippen LogP contribution in [0.5, 0.6) is 0 Å². The predicted molar refractivity (Wildman–Crippen MR) is 113 cm³/mol. The molecule has 2 aromatic carbocycles. The molecule has 1 N–H and O–H groups in total. The number of benzene rings is 2. The summed E-state index contributed by atoms with van der Waals surface area (Å²) in [5.74, 6) is -0.345. The van der Waals surface area contributed by atoms with Crippen LogP contribution in [0.25, 0.3) is 6.08 Å². The lowest BCUT2D eigenvalue weighted by atomic mass is 10.2. The van der Waals surface area contributed by atoms with Gasteiger partial charge in [-0.1, -0.05) is 54.1 Å². The normalized spacial score (nSPS) is 16.1. The smallest absolute Gasteiger partial charge is 0.325 e. The lowest BCUT2D eigenvalue weighted by Gasteiger charge is -2.33. The summed E-state index contributed by atoms with van der Waals surface area (Å²) in [5.41, 5.74) is 0.282. The van der Waals surface area contributed by atoms with Gasteiger partial charge in [0, 0.05) is 38.4 Å². The largest absolute Gasteiger partial charge is 0.417 e. The zero-order valence-corrected chi connectivity index (χ0v) is 17.1. The van der Waals surface area contributed by atoms with Crippen molar-refractivity contribution in [3.8, 4) is 0 Å². The molecule has 1 amide bonds. The molecule has 0 saturated carbocycles. The van der Waals surface area contributed by atoms with Crippen molar-refractivity contribution in [3.63, 3.8) is 0 Å². The maximum atomic E-state index is 12.9. The van der Waals surface area contributed by atoms with Crippen LogP contribution in [-0.4, -0.2) is 55.0 Å². The fraction of sp³-hybridized carbons (Fsp3) is 0.318. The summed E-state index contributed by atoms with van der Waals surface area (Å²) < 4.78 is 38.8. The average Bonchev–Trinajstić information content (AvgIpc) is 2.71. The predicted octanol–water partition coefficient (Wildman–Crippen LogP) is 4.63. The van der Waals surface area contributed by atoms with Crippen LogP contribution in [0.1, 0.15) is 11.1 Å². The van der Waals surface area contributed by atoms with E-state index in [1.807, 2.05) is 35.2 Å². The van der Waals surface area contributed by atoms with Gasteiger partial charge < -0.3 is 5.32 Å². The molecule has 8 heteroatoms. The number of nitrogens with one attached hydrogen (secondary N) is 1. The van der Waals surface area contributed by atoms with Crippen LogP contribution in [-0.2, 0) is 11.0 Å². The van der Waals surface area contributed by atoms with E-state index >= 15 is 0 Å². The van der Waals surface area contributed by atoms with Crippen LogP contribution in [0.4, 0.5) is 18.9 Å². The van der Waals surface area contributed by atoms with Gasteiger partial charge in [-0.2, -0.15) is 13.2 Å². The number of amides is 1. The Morgan fingerprint density at radius 1 is 1.03 bits per heavy atom. The number of hydrogen-bond donors (Lipinski definition) is 1. The van der Waals surface area contributed by atoms with E-state index in [0.717, 1.165) is 50.4 Å². The molecule has 0 aromatic heterocycles. The Bertz CT molecular complexity index is 879. The topological polar surface area (TPSA) is 35.6 Å². The number of rotatable bonds is 6. The van der Waals surface area contributed by atoms with Crippen molar-refractivity contribution in [2.24, 2.45) is 0 Å². The highest BCUT2D eigenvalue weighted by Crippen LogP contribution is 2.36. The molecular formula is C22H23ClF3N3O. The first-order chi connectivity index (χ1) is 14.3. The van der Waals surface area contributed by atoms with Gasteiger partial charge in [0.05, 0.1) is 17.1 Å². The second-order valence-corrected chi connectivity index (χ2v) is 7.54. The Morgan fingerprint density at radius 2 is 1.70 bits per heavy atom. The van der Waals surface area contributed by atoms with Gasteiger partial charge in [0.1, 0.15) is 0 Å². The molecule has 1 aliphatic rings. The number of carbonyl (C=O) groups excluding carboxylic acids is 1. The Balaban J connectivity index is 1.44. The SMILES string of the molecule is O=C(CN1CCN(C/C=C/c2ccccc2)CC1)Nc1ccc(Cl)c(C(F)(F)F)c1. The summed E-state index contributed by atoms with van der Waals surface area (Å²) in [6.07, 6.45) is -0.360. The van der Waals surface area contributed by atoms with Crippen molar-refractivity contribution in [2.45, 2.75) is 6.18 Å². The van der Waals surface area contributed by atoms with Crippen molar-refractivity contribution in [2.75, 3.05) is 44.6 Å². The lowest BCUT2D eigenvalue weighted by molar-refractivity contribution is -0.137. The fourth-order valence-electron chi connectivity index (χ4n) is 3.26. The maximum absolute atomic E-state index is 12.9. The molecule has 30 heavy (non-hydrogen) atoms. The minimum atomic E-state index is -4.57. The van der Waals surface area contributed by atoms with Gasteiger partial charge in [0.15, 0.2) is 0 Å². The highest BCUT2D eigenvalue weighted by Gasteiger charge is 2.33. The summed E-state index contributed by atoms with van der Waals surface area (Å²) in [7, 11) is 0. The van der Waals surface area contributed by atoms with Gasteiger partial charge in [0.2, 0.25) is 5.91 Å². The van der Waals surface area contributed by atoms with E-state index in [1.165, 1.54) is 6.07 Å². The van der Waals surface area contributed by atoms with Crippen LogP contribution < -0.4 is 5.32 Å². The van der Waals surface area contributed by atoms with Gasteiger partial charge in [-0.3, -0.25) is 14.6 Å². The van der Waals surface area contributed by atoms with Crippen LogP contribution in [0.3, 0.4) is 0 Å². The first-order valence-corrected chi connectivity index (χ1v) is 10.0. The van der Waals surface area contributed by atoms with E-state index in [1.54, 1.807) is 0 Å². The maximum Gasteiger partial charge on any atom is 0.417 e. The first-order valence-electron chi connectivity index (χ1n) is 9.64. The monoisotopic (exact) mass is 437 g/mol. The third-order valence-corrected chi connectivity index (χ3v) is 5.19. The van der Waals surface area contributed by atoms with Crippen LogP contribution in [0.2, 0.25) is 5.02 Å². The highest BCUT2D eigenvalue weighted by atomic mass is 35.5. The molecular weight excluding hydrogens is 415 g/mol. The molecule has 0 aliphatic carbocycles. The summed E-state index contributed by atoms with van der Waals surface area (Å²) >= 11 is 5.61. The molecule has 0 bridgehead atoms. The van der Waals surface area contributed by atoms with E-state index in [-0.39, 0.29) is 18.1 Å². The van der Waals surface area contributed by atoms with E-state index in [2.05, 4.69) is 22.4 Å². The summed E-state index contributed by atoms with van der Waals surface area (Å²) in [4.78, 5) is 16.5. The van der Waals surface area contributed by atoms with E-state index < -0.39 is 16.8 Å². The van der Waals surface area contributed by atoms with Gasteiger partial charge in [-0.05, 0) is 23.8 Å². The second kappa shape index (κ2) is 10.1. The molecule has 0 unspecified atom stereocenters. The van der Waals surface area contributed by atoms with Crippen molar-refractivity contribution in [1.82, 2.24) is 9.80 Å². The third kappa shape index (κ3) is 6.58. The molecule has 2 aromatic rings. The van der Waals surface area contributed by atoms with Gasteiger partial charge >= 0.3 is 6.18 Å². The van der Waals surface area contributed by atoms with E-state index in [4.69, 9.17) is 11.6 Å². The zero-order chi connectivity index (χ0) is 21.6. The van der Waals surface area contributed by atoms with Crippen LogP contribution in [0, 0.1) is 0 Å². The third-order valence-electron chi connectivity index (χ3n) is 4.86. The molecule has 0 radical (unpaired) electrons. The summed E-state index contributed by atoms with van der Waals surface area (Å²) in [5, 5.41) is 2.14. The quantitative estimate of drug-likeness (QED) is 0.715. The number of hydrogen-bond acceptors (Lipinski definition) is 3. The van der Waals surface area contributed by atoms with Crippen molar-refractivity contribution in [1.29, 1.82) is 0 Å². The number of nitrogens with zero attached hydrogens (tertiary/aromatic N) is 2. The molecule has 1 heterocycles. The average molecular weight is 438 g/mol. The second-order valence-electron chi connectivity index (χ2n) is 7.13. The van der Waals surface area contributed by atoms with E-state index in [0.29, 0.717) is 0 Å². The van der Waals surface area contributed by atoms with Gasteiger partial charge in [0.25, 0.3) is 0 Å². The molecule has 0 spiro atoms. The fourth-order valence-corrected chi connectivity index (χ4v) is 3.48. The number of anilines is 1. The van der Waals surface area contributed by atoms with Crippen LogP contribution >= 0.6 is 11.6 Å². The zero-order valence-electron chi connectivity index (χ0n) is 16.3. The van der Waals surface area contributed by atoms with Crippen molar-refractivity contribution >= 4 is 29.3 Å². The molecule has 3 rings (SSSR count). The molecule has 1 fully saturated rings. The highest BCUT2D eigenvalue weighted by molar-refractivity contribution is 6.31. The lowest BCUT2D eigenvalue weighted by Crippen LogP contribution is -2.48. The standard InChI is InChI=1S/C22H23ClF3N3O/c23-20-9-8-18(15-19(20)22(24,25)26)27-21(30)16-29-13-11-28(12-14-29)10-4-7-17-5-2-1-3-6-17/h1-9,15H,10-14,16H2,(H,27,30)/b7-4+. The molecule has 4 nitrogen and oxygen atoms in total. The summed E-state index contributed by atoms with van der Waals surface area (Å²) in [6.45, 7) is 4.07. The van der Waals surface area contributed by atoms with Crippen molar-refractivity contribution in [3.05, 3.63) is 70.8 Å². The Labute approximate surface area is 178 Å². The molecule has 1 aliphatic heterocycles. The molecule has 1 saturated heterocycles. The van der Waals surface area contributed by atoms with Crippen molar-refractivity contribution < 1.29 is 18.0 Å². The minimum absolute atomic E-state index is 0.0846. The number of carbonyl (C=O) groups is 1. The number of alkyl halides is 3. The Morgan fingerprint density at radius 3 is 2.37 bits per heavy atom. The van der Waals surface area contributed by atoms with Crippen LogP contribution in [0.15, 0.2) is 54.6 Å². The Hall–Kier alpha value is -2.35.